The minimum Gasteiger partial charge on any atom is -0.354 e. The van der Waals surface area contributed by atoms with E-state index in [-0.39, 0.29) is 12.5 Å². The number of hydrogen-bond acceptors (Lipinski definition) is 4. The molecule has 1 atom stereocenters. The first-order valence-corrected chi connectivity index (χ1v) is 13.2. The molecule has 0 fully saturated rings. The van der Waals surface area contributed by atoms with E-state index >= 15 is 0 Å². The Labute approximate surface area is 205 Å². The van der Waals surface area contributed by atoms with Crippen molar-refractivity contribution in [3.05, 3.63) is 78.1 Å². The molecular formula is C26H30FN3O4S. The van der Waals surface area contributed by atoms with E-state index in [0.717, 1.165) is 22.4 Å². The highest BCUT2D eigenvalue weighted by Gasteiger charge is 2.30. The lowest BCUT2D eigenvalue weighted by atomic mass is 10.1. The number of nitrogens with zero attached hydrogens (tertiary/aromatic N) is 2. The van der Waals surface area contributed by atoms with Crippen LogP contribution < -0.4 is 9.62 Å². The van der Waals surface area contributed by atoms with E-state index < -0.39 is 34.3 Å². The molecule has 1 unspecified atom stereocenters. The quantitative estimate of drug-likeness (QED) is 0.461. The summed E-state index contributed by atoms with van der Waals surface area (Å²) < 4.78 is 40.1. The highest BCUT2D eigenvalue weighted by Crippen LogP contribution is 2.28. The van der Waals surface area contributed by atoms with Crippen LogP contribution in [0.2, 0.25) is 0 Å². The van der Waals surface area contributed by atoms with Crippen molar-refractivity contribution in [1.29, 1.82) is 0 Å². The summed E-state index contributed by atoms with van der Waals surface area (Å²) in [7, 11) is -3.84. The van der Waals surface area contributed by atoms with E-state index in [4.69, 9.17) is 0 Å². The first-order chi connectivity index (χ1) is 16.6. The third-order valence-corrected chi connectivity index (χ3v) is 6.82. The number of carbonyl (C=O) groups is 2. The molecule has 0 saturated heterocycles. The predicted molar refractivity (Wildman–Crippen MR) is 136 cm³/mol. The van der Waals surface area contributed by atoms with Crippen molar-refractivity contribution in [3.63, 3.8) is 0 Å². The number of sulfonamides is 1. The minimum absolute atomic E-state index is 0.0208. The lowest BCUT2D eigenvalue weighted by Crippen LogP contribution is -2.51. The lowest BCUT2D eigenvalue weighted by Gasteiger charge is -2.31. The topological polar surface area (TPSA) is 86.8 Å². The fraction of sp³-hybridized carbons (Fsp3) is 0.308. The highest BCUT2D eigenvalue weighted by molar-refractivity contribution is 7.92. The Hall–Kier alpha value is -3.46. The van der Waals surface area contributed by atoms with Gasteiger partial charge in [-0.25, -0.2) is 12.8 Å². The predicted octanol–water partition coefficient (Wildman–Crippen LogP) is 3.69. The monoisotopic (exact) mass is 499 g/mol. The molecule has 0 aliphatic heterocycles. The number of fused-ring (bicyclic) bond motifs is 1. The lowest BCUT2D eigenvalue weighted by molar-refractivity contribution is -0.139. The highest BCUT2D eigenvalue weighted by atomic mass is 32.2. The molecule has 0 bridgehead atoms. The molecule has 0 spiro atoms. The van der Waals surface area contributed by atoms with Crippen molar-refractivity contribution < 1.29 is 22.4 Å². The number of carbonyl (C=O) groups excluding carboxylic acids is 2. The number of anilines is 1. The third kappa shape index (κ3) is 6.57. The molecule has 0 saturated carbocycles. The Morgan fingerprint density at radius 3 is 2.31 bits per heavy atom. The summed E-state index contributed by atoms with van der Waals surface area (Å²) in [4.78, 5) is 27.6. The summed E-state index contributed by atoms with van der Waals surface area (Å²) in [6.45, 7) is 3.50. The van der Waals surface area contributed by atoms with Crippen molar-refractivity contribution in [1.82, 2.24) is 10.2 Å². The molecule has 0 aliphatic rings. The Morgan fingerprint density at radius 1 is 1.00 bits per heavy atom. The summed E-state index contributed by atoms with van der Waals surface area (Å²) >= 11 is 0. The van der Waals surface area contributed by atoms with Gasteiger partial charge in [0.05, 0.1) is 11.9 Å². The van der Waals surface area contributed by atoms with E-state index in [0.29, 0.717) is 23.2 Å². The van der Waals surface area contributed by atoms with Crippen molar-refractivity contribution in [2.24, 2.45) is 0 Å². The molecule has 186 valence electrons. The molecule has 0 aliphatic carbocycles. The molecule has 7 nitrogen and oxygen atoms in total. The van der Waals surface area contributed by atoms with Crippen LogP contribution in [-0.2, 0) is 26.2 Å². The van der Waals surface area contributed by atoms with Gasteiger partial charge in [0.2, 0.25) is 21.8 Å². The van der Waals surface area contributed by atoms with Gasteiger partial charge in [-0.1, -0.05) is 55.5 Å². The van der Waals surface area contributed by atoms with E-state index in [9.17, 15) is 22.4 Å². The molecule has 2 amide bonds. The first-order valence-electron chi connectivity index (χ1n) is 11.4. The third-order valence-electron chi connectivity index (χ3n) is 5.70. The Morgan fingerprint density at radius 2 is 1.66 bits per heavy atom. The fourth-order valence-corrected chi connectivity index (χ4v) is 4.65. The van der Waals surface area contributed by atoms with Crippen LogP contribution in [0, 0.1) is 5.82 Å². The van der Waals surface area contributed by atoms with Crippen LogP contribution in [0.25, 0.3) is 10.8 Å². The molecule has 3 aromatic carbocycles. The Balaban J connectivity index is 1.97. The van der Waals surface area contributed by atoms with Gasteiger partial charge in [0.1, 0.15) is 18.4 Å². The number of halogens is 1. The summed E-state index contributed by atoms with van der Waals surface area (Å²) in [5, 5.41) is 4.30. The SMILES string of the molecule is CCCNC(=O)C(C)N(Cc1ccc(F)cc1)C(=O)CN(c1cccc2ccccc12)S(C)(=O)=O. The second kappa shape index (κ2) is 11.3. The molecule has 0 heterocycles. The van der Waals surface area contributed by atoms with Gasteiger partial charge in [-0.2, -0.15) is 0 Å². The molecule has 3 rings (SSSR count). The summed E-state index contributed by atoms with van der Waals surface area (Å²) in [6.07, 6.45) is 1.77. The summed E-state index contributed by atoms with van der Waals surface area (Å²) in [5.74, 6) is -1.32. The maximum Gasteiger partial charge on any atom is 0.244 e. The van der Waals surface area contributed by atoms with Crippen molar-refractivity contribution in [3.8, 4) is 0 Å². The standard InChI is InChI=1S/C26H30FN3O4S/c1-4-16-28-26(32)19(2)29(17-20-12-14-22(27)15-13-20)25(31)18-30(35(3,33)34)24-11-7-9-21-8-5-6-10-23(21)24/h5-15,19H,4,16-18H2,1-3H3,(H,28,32). The molecule has 1 N–H and O–H groups in total. The maximum absolute atomic E-state index is 13.6. The van der Waals surface area contributed by atoms with Gasteiger partial charge < -0.3 is 10.2 Å². The van der Waals surface area contributed by atoms with Gasteiger partial charge >= 0.3 is 0 Å². The number of rotatable bonds is 10. The second-order valence-electron chi connectivity index (χ2n) is 8.38. The number of hydrogen-bond donors (Lipinski definition) is 1. The van der Waals surface area contributed by atoms with Gasteiger partial charge in [-0.3, -0.25) is 13.9 Å². The van der Waals surface area contributed by atoms with Crippen molar-refractivity contribution >= 4 is 38.3 Å². The zero-order valence-corrected chi connectivity index (χ0v) is 20.9. The molecule has 0 radical (unpaired) electrons. The van der Waals surface area contributed by atoms with Gasteiger partial charge in [-0.05, 0) is 42.5 Å². The molecule has 9 heteroatoms. The van der Waals surface area contributed by atoms with Crippen LogP contribution in [0.15, 0.2) is 66.7 Å². The summed E-state index contributed by atoms with van der Waals surface area (Å²) in [6, 6.07) is 17.3. The van der Waals surface area contributed by atoms with E-state index in [2.05, 4.69) is 5.32 Å². The molecule has 3 aromatic rings. The van der Waals surface area contributed by atoms with Crippen LogP contribution in [-0.4, -0.2) is 50.5 Å². The zero-order valence-electron chi connectivity index (χ0n) is 20.1. The Bertz CT molecular complexity index is 1290. The average Bonchev–Trinajstić information content (AvgIpc) is 2.84. The number of benzene rings is 3. The average molecular weight is 500 g/mol. The van der Waals surface area contributed by atoms with Crippen LogP contribution in [0.4, 0.5) is 10.1 Å². The van der Waals surface area contributed by atoms with Crippen LogP contribution in [0.1, 0.15) is 25.8 Å². The van der Waals surface area contributed by atoms with Gasteiger partial charge in [0, 0.05) is 18.5 Å². The Kier molecular flexibility index (Phi) is 8.45. The number of nitrogens with one attached hydrogen (secondary N) is 1. The first kappa shape index (κ1) is 26.2. The van der Waals surface area contributed by atoms with E-state index in [1.807, 2.05) is 25.1 Å². The number of amides is 2. The van der Waals surface area contributed by atoms with Crippen molar-refractivity contribution in [2.75, 3.05) is 23.7 Å². The van der Waals surface area contributed by atoms with Crippen molar-refractivity contribution in [2.45, 2.75) is 32.9 Å². The van der Waals surface area contributed by atoms with E-state index in [1.165, 1.54) is 29.2 Å². The normalized spacial score (nSPS) is 12.2. The molecule has 0 aromatic heterocycles. The maximum atomic E-state index is 13.6. The van der Waals surface area contributed by atoms with Crippen LogP contribution in [0.5, 0.6) is 0 Å². The zero-order chi connectivity index (χ0) is 25.6. The smallest absolute Gasteiger partial charge is 0.244 e. The van der Waals surface area contributed by atoms with Gasteiger partial charge in [0.25, 0.3) is 0 Å². The fourth-order valence-electron chi connectivity index (χ4n) is 3.79. The largest absolute Gasteiger partial charge is 0.354 e. The van der Waals surface area contributed by atoms with Gasteiger partial charge in [-0.15, -0.1) is 0 Å². The van der Waals surface area contributed by atoms with Crippen LogP contribution in [0.3, 0.4) is 0 Å². The molecule has 35 heavy (non-hydrogen) atoms. The molecular weight excluding hydrogens is 469 g/mol. The minimum atomic E-state index is -3.84. The van der Waals surface area contributed by atoms with Crippen LogP contribution >= 0.6 is 0 Å². The summed E-state index contributed by atoms with van der Waals surface area (Å²) in [5.41, 5.74) is 0.995. The van der Waals surface area contributed by atoms with E-state index in [1.54, 1.807) is 31.2 Å². The van der Waals surface area contributed by atoms with Gasteiger partial charge in [0.15, 0.2) is 0 Å². The second-order valence-corrected chi connectivity index (χ2v) is 10.3.